The summed E-state index contributed by atoms with van der Waals surface area (Å²) in [4.78, 5) is 17.0. The Labute approximate surface area is 167 Å². The number of aliphatic imine (C=N–C) groups is 2. The van der Waals surface area contributed by atoms with Crippen molar-refractivity contribution in [3.05, 3.63) is 35.7 Å². The lowest BCUT2D eigenvalue weighted by Crippen LogP contribution is -2.50. The first-order valence-electron chi connectivity index (χ1n) is 9.07. The minimum absolute atomic E-state index is 0.149. The van der Waals surface area contributed by atoms with Crippen molar-refractivity contribution < 1.29 is 9.13 Å². The van der Waals surface area contributed by atoms with E-state index >= 15 is 0 Å². The molecule has 1 N–H and O–H groups in total. The highest BCUT2D eigenvalue weighted by molar-refractivity contribution is 7.80. The second kappa shape index (κ2) is 8.42. The number of hydrazone groups is 1. The van der Waals surface area contributed by atoms with Crippen LogP contribution in [0.1, 0.15) is 12.1 Å². The third-order valence-electron chi connectivity index (χ3n) is 4.71. The van der Waals surface area contributed by atoms with Crippen LogP contribution in [0.5, 0.6) is 5.75 Å². The van der Waals surface area contributed by atoms with Gasteiger partial charge in [0.2, 0.25) is 0 Å². The second-order valence-corrected chi connectivity index (χ2v) is 6.81. The summed E-state index contributed by atoms with van der Waals surface area (Å²) < 4.78 is 19.2. The number of pyridine rings is 1. The average molecular weight is 401 g/mol. The molecule has 3 aliphatic rings. The zero-order valence-electron chi connectivity index (χ0n) is 15.2. The van der Waals surface area contributed by atoms with Crippen LogP contribution in [0, 0.1) is 5.82 Å². The normalized spacial score (nSPS) is 20.3. The van der Waals surface area contributed by atoms with Crippen LogP contribution in [0.25, 0.3) is 0 Å². The fourth-order valence-corrected chi connectivity index (χ4v) is 3.44. The molecule has 0 spiro atoms. The van der Waals surface area contributed by atoms with E-state index in [-0.39, 0.29) is 5.75 Å². The summed E-state index contributed by atoms with van der Waals surface area (Å²) in [5, 5.41) is 4.92. The maximum atomic E-state index is 13.8. The van der Waals surface area contributed by atoms with E-state index in [0.29, 0.717) is 36.1 Å². The third kappa shape index (κ3) is 4.01. The number of thiocarbonyl (C=S) groups is 1. The van der Waals surface area contributed by atoms with E-state index in [4.69, 9.17) is 17.0 Å². The summed E-state index contributed by atoms with van der Waals surface area (Å²) in [5.74, 6) is -0.284. The molecule has 0 aromatic carbocycles. The SMILES string of the molecule is Fc1ccnc2c1OCC/C2=N/NC(=S)N1CCN(C2=CN=CC=NC2)CC1. The van der Waals surface area contributed by atoms with Gasteiger partial charge in [-0.2, -0.15) is 5.10 Å². The van der Waals surface area contributed by atoms with E-state index < -0.39 is 5.82 Å². The number of hydrogen-bond donors (Lipinski definition) is 1. The minimum atomic E-state index is -0.433. The van der Waals surface area contributed by atoms with Crippen molar-refractivity contribution in [2.45, 2.75) is 6.42 Å². The van der Waals surface area contributed by atoms with Gasteiger partial charge in [0, 0.05) is 57.4 Å². The molecule has 1 saturated heterocycles. The van der Waals surface area contributed by atoms with Crippen LogP contribution in [-0.2, 0) is 0 Å². The largest absolute Gasteiger partial charge is 0.488 e. The lowest BCUT2D eigenvalue weighted by Gasteiger charge is -2.37. The molecular formula is C18H20FN7OS. The van der Waals surface area contributed by atoms with Gasteiger partial charge in [0.05, 0.1) is 24.6 Å². The molecule has 0 unspecified atom stereocenters. The maximum absolute atomic E-state index is 13.8. The van der Waals surface area contributed by atoms with Crippen molar-refractivity contribution in [2.75, 3.05) is 39.3 Å². The maximum Gasteiger partial charge on any atom is 0.189 e. The van der Waals surface area contributed by atoms with Crippen molar-refractivity contribution in [2.24, 2.45) is 15.1 Å². The van der Waals surface area contributed by atoms with Gasteiger partial charge in [0.25, 0.3) is 0 Å². The Bertz CT molecular complexity index is 875. The van der Waals surface area contributed by atoms with Crippen LogP contribution in [0.15, 0.2) is 39.2 Å². The molecule has 10 heteroatoms. The van der Waals surface area contributed by atoms with E-state index in [9.17, 15) is 4.39 Å². The molecule has 0 aliphatic carbocycles. The summed E-state index contributed by atoms with van der Waals surface area (Å²) in [5.41, 5.74) is 5.10. The van der Waals surface area contributed by atoms with E-state index in [2.05, 4.69) is 35.3 Å². The molecule has 146 valence electrons. The van der Waals surface area contributed by atoms with Gasteiger partial charge in [0.15, 0.2) is 16.7 Å². The van der Waals surface area contributed by atoms with Gasteiger partial charge in [-0.05, 0) is 18.3 Å². The summed E-state index contributed by atoms with van der Waals surface area (Å²) in [6, 6.07) is 1.28. The molecule has 1 aromatic rings. The Morgan fingerprint density at radius 3 is 2.96 bits per heavy atom. The summed E-state index contributed by atoms with van der Waals surface area (Å²) in [6.07, 6.45) is 7.22. The Morgan fingerprint density at radius 1 is 1.25 bits per heavy atom. The first-order chi connectivity index (χ1) is 13.7. The molecule has 3 aliphatic heterocycles. The van der Waals surface area contributed by atoms with E-state index in [1.165, 1.54) is 12.3 Å². The van der Waals surface area contributed by atoms with Gasteiger partial charge in [-0.15, -0.1) is 0 Å². The predicted molar refractivity (Wildman–Crippen MR) is 110 cm³/mol. The van der Waals surface area contributed by atoms with Crippen molar-refractivity contribution in [3.8, 4) is 5.75 Å². The van der Waals surface area contributed by atoms with Crippen LogP contribution in [0.3, 0.4) is 0 Å². The Hall–Kier alpha value is -2.88. The number of nitrogens with one attached hydrogen (secondary N) is 1. The Morgan fingerprint density at radius 2 is 2.11 bits per heavy atom. The van der Waals surface area contributed by atoms with Gasteiger partial charge < -0.3 is 14.5 Å². The molecule has 4 rings (SSSR count). The first kappa shape index (κ1) is 18.5. The van der Waals surface area contributed by atoms with Crippen molar-refractivity contribution in [3.63, 3.8) is 0 Å². The Balaban J connectivity index is 1.35. The number of fused-ring (bicyclic) bond motifs is 1. The topological polar surface area (TPSA) is 77.7 Å². The molecular weight excluding hydrogens is 381 g/mol. The fourth-order valence-electron chi connectivity index (χ4n) is 3.21. The quantitative estimate of drug-likeness (QED) is 0.593. The van der Waals surface area contributed by atoms with Gasteiger partial charge in [0.1, 0.15) is 5.69 Å². The summed E-state index contributed by atoms with van der Waals surface area (Å²) in [6.45, 7) is 4.21. The smallest absolute Gasteiger partial charge is 0.189 e. The van der Waals surface area contributed by atoms with Crippen LogP contribution in [0.4, 0.5) is 4.39 Å². The number of halogens is 1. The number of nitrogens with zero attached hydrogens (tertiary/aromatic N) is 6. The highest BCUT2D eigenvalue weighted by atomic mass is 32.1. The predicted octanol–water partition coefficient (Wildman–Crippen LogP) is 1.20. The van der Waals surface area contributed by atoms with Crippen molar-refractivity contribution in [1.82, 2.24) is 20.2 Å². The molecule has 1 fully saturated rings. The number of aromatic nitrogens is 1. The van der Waals surface area contributed by atoms with E-state index in [1.54, 1.807) is 12.4 Å². The standard InChI is InChI=1S/C18H20FN7OS/c19-14-1-3-22-16-15(2-10-27-17(14)16)23-24-18(28)26-8-6-25(7-9-26)13-11-20-4-5-21-12-13/h1,3-5,11H,2,6-10,12H2,(H,24,28)/b23-15-. The molecule has 0 bridgehead atoms. The molecule has 4 heterocycles. The highest BCUT2D eigenvalue weighted by Crippen LogP contribution is 2.25. The Kier molecular flexibility index (Phi) is 5.56. The number of ether oxygens (including phenoxy) is 1. The first-order valence-corrected chi connectivity index (χ1v) is 9.48. The van der Waals surface area contributed by atoms with Gasteiger partial charge in [-0.1, -0.05) is 0 Å². The monoisotopic (exact) mass is 401 g/mol. The number of hydrogen-bond acceptors (Lipinski definition) is 7. The highest BCUT2D eigenvalue weighted by Gasteiger charge is 2.23. The molecule has 0 radical (unpaired) electrons. The molecule has 1 aromatic heterocycles. The minimum Gasteiger partial charge on any atom is -0.488 e. The molecule has 28 heavy (non-hydrogen) atoms. The van der Waals surface area contributed by atoms with Crippen LogP contribution in [0.2, 0.25) is 0 Å². The van der Waals surface area contributed by atoms with Crippen LogP contribution >= 0.6 is 12.2 Å². The van der Waals surface area contributed by atoms with E-state index in [0.717, 1.165) is 31.9 Å². The van der Waals surface area contributed by atoms with Crippen LogP contribution < -0.4 is 10.2 Å². The number of rotatable bonds is 2. The van der Waals surface area contributed by atoms with Crippen LogP contribution in [-0.4, -0.2) is 77.4 Å². The van der Waals surface area contributed by atoms with Gasteiger partial charge >= 0.3 is 0 Å². The lowest BCUT2D eigenvalue weighted by molar-refractivity contribution is 0.218. The second-order valence-electron chi connectivity index (χ2n) is 6.43. The summed E-state index contributed by atoms with van der Waals surface area (Å²) in [7, 11) is 0. The zero-order valence-corrected chi connectivity index (χ0v) is 16.0. The fraction of sp³-hybridized carbons (Fsp3) is 0.389. The van der Waals surface area contributed by atoms with Gasteiger partial charge in [-0.25, -0.2) is 4.39 Å². The van der Waals surface area contributed by atoms with E-state index in [1.807, 2.05) is 6.20 Å². The average Bonchev–Trinajstić information content (AvgIpc) is 3.02. The molecule has 8 nitrogen and oxygen atoms in total. The van der Waals surface area contributed by atoms with Crippen molar-refractivity contribution >= 4 is 35.5 Å². The molecule has 0 amide bonds. The van der Waals surface area contributed by atoms with Crippen molar-refractivity contribution in [1.29, 1.82) is 0 Å². The third-order valence-corrected chi connectivity index (χ3v) is 5.06. The molecule has 0 saturated carbocycles. The summed E-state index contributed by atoms with van der Waals surface area (Å²) >= 11 is 5.49. The zero-order chi connectivity index (χ0) is 19.3. The number of piperazine rings is 1. The molecule has 0 atom stereocenters. The van der Waals surface area contributed by atoms with Gasteiger partial charge in [-0.3, -0.25) is 20.4 Å². The lowest BCUT2D eigenvalue weighted by atomic mass is 10.1.